The van der Waals surface area contributed by atoms with Crippen LogP contribution < -0.4 is 0 Å². The van der Waals surface area contributed by atoms with E-state index in [1.165, 1.54) is 6.33 Å². The lowest BCUT2D eigenvalue weighted by atomic mass is 9.98. The van der Waals surface area contributed by atoms with Crippen molar-refractivity contribution in [1.29, 1.82) is 0 Å². The van der Waals surface area contributed by atoms with Crippen LogP contribution in [0.1, 0.15) is 19.3 Å². The van der Waals surface area contributed by atoms with Gasteiger partial charge < -0.3 is 15.1 Å². The van der Waals surface area contributed by atoms with Gasteiger partial charge in [-0.2, -0.15) is 5.10 Å². The third kappa shape index (κ3) is 1.29. The molecule has 1 aromatic heterocycles. The molecule has 1 aromatic rings. The van der Waals surface area contributed by atoms with E-state index >= 15 is 0 Å². The van der Waals surface area contributed by atoms with Gasteiger partial charge in [-0.15, -0.1) is 0 Å². The molecule has 7 heteroatoms. The lowest BCUT2D eigenvalue weighted by Crippen LogP contribution is -2.43. The molecule has 2 N–H and O–H groups in total. The van der Waals surface area contributed by atoms with E-state index in [9.17, 15) is 15.0 Å². The molecule has 2 heterocycles. The minimum atomic E-state index is -0.569. The standard InChI is InChI=1S/C13H18N4O3/c18-6-11-3-12(11,7-19)5-16(4-11)10(20)13(1-2-13)17-9-14-8-15-17/h8-9,18-19H,1-7H2/t11-,12+. The van der Waals surface area contributed by atoms with E-state index < -0.39 is 5.54 Å². The highest BCUT2D eigenvalue weighted by molar-refractivity contribution is 5.88. The number of hydrogen-bond acceptors (Lipinski definition) is 5. The Kier molecular flexibility index (Phi) is 2.20. The van der Waals surface area contributed by atoms with Crippen molar-refractivity contribution in [3.05, 3.63) is 12.7 Å². The molecular weight excluding hydrogens is 260 g/mol. The second kappa shape index (κ2) is 3.59. The molecule has 4 rings (SSSR count). The molecule has 2 atom stereocenters. The van der Waals surface area contributed by atoms with Crippen molar-refractivity contribution in [2.24, 2.45) is 10.8 Å². The Morgan fingerprint density at radius 1 is 1.20 bits per heavy atom. The molecule has 0 bridgehead atoms. The zero-order valence-corrected chi connectivity index (χ0v) is 11.2. The number of aliphatic hydroxyl groups excluding tert-OH is 2. The molecule has 0 radical (unpaired) electrons. The van der Waals surface area contributed by atoms with E-state index in [4.69, 9.17) is 0 Å². The number of amides is 1. The summed E-state index contributed by atoms with van der Waals surface area (Å²) in [5.74, 6) is 0.0517. The first-order valence-corrected chi connectivity index (χ1v) is 6.98. The van der Waals surface area contributed by atoms with Gasteiger partial charge in [0.15, 0.2) is 0 Å². The summed E-state index contributed by atoms with van der Waals surface area (Å²) in [6.45, 7) is 1.15. The minimum absolute atomic E-state index is 0.0354. The van der Waals surface area contributed by atoms with Gasteiger partial charge in [-0.05, 0) is 19.3 Å². The lowest BCUT2D eigenvalue weighted by molar-refractivity contribution is -0.136. The van der Waals surface area contributed by atoms with Gasteiger partial charge in [0.05, 0.1) is 13.2 Å². The molecule has 3 fully saturated rings. The SMILES string of the molecule is O=C(N1C[C@@]2(CO)C[C@@]2(CO)C1)C1(n2cncn2)CC1. The van der Waals surface area contributed by atoms with Crippen molar-refractivity contribution in [2.45, 2.75) is 24.8 Å². The summed E-state index contributed by atoms with van der Waals surface area (Å²) in [5, 5.41) is 23.3. The van der Waals surface area contributed by atoms with E-state index in [2.05, 4.69) is 10.1 Å². The highest BCUT2D eigenvalue weighted by Crippen LogP contribution is 2.68. The van der Waals surface area contributed by atoms with Gasteiger partial charge in [0, 0.05) is 23.9 Å². The third-order valence-electron chi connectivity index (χ3n) is 5.54. The van der Waals surface area contributed by atoms with Crippen LogP contribution in [-0.4, -0.2) is 62.1 Å². The Hall–Kier alpha value is -1.47. The van der Waals surface area contributed by atoms with E-state index in [0.29, 0.717) is 13.1 Å². The number of aromatic nitrogens is 3. The highest BCUT2D eigenvalue weighted by Gasteiger charge is 2.73. The second-order valence-electron chi connectivity index (χ2n) is 6.59. The van der Waals surface area contributed by atoms with Gasteiger partial charge in [0.2, 0.25) is 0 Å². The molecular formula is C13H18N4O3. The van der Waals surface area contributed by atoms with Crippen LogP contribution in [0.4, 0.5) is 0 Å². The first kappa shape index (κ1) is 12.3. The van der Waals surface area contributed by atoms with Crippen LogP contribution in [-0.2, 0) is 10.3 Å². The third-order valence-corrected chi connectivity index (χ3v) is 5.54. The van der Waals surface area contributed by atoms with Gasteiger partial charge >= 0.3 is 0 Å². The smallest absolute Gasteiger partial charge is 0.250 e. The Bertz CT molecular complexity index is 538. The molecule has 0 spiro atoms. The molecule has 108 valence electrons. The molecule has 1 saturated heterocycles. The lowest BCUT2D eigenvalue weighted by Gasteiger charge is -2.26. The van der Waals surface area contributed by atoms with Crippen molar-refractivity contribution in [1.82, 2.24) is 19.7 Å². The van der Waals surface area contributed by atoms with Crippen LogP contribution in [0.25, 0.3) is 0 Å². The predicted molar refractivity (Wildman–Crippen MR) is 67.5 cm³/mol. The second-order valence-corrected chi connectivity index (χ2v) is 6.59. The summed E-state index contributed by atoms with van der Waals surface area (Å²) in [6.07, 6.45) is 5.41. The summed E-state index contributed by atoms with van der Waals surface area (Å²) in [7, 11) is 0. The summed E-state index contributed by atoms with van der Waals surface area (Å²) >= 11 is 0. The van der Waals surface area contributed by atoms with Gasteiger partial charge in [-0.1, -0.05) is 0 Å². The van der Waals surface area contributed by atoms with Crippen LogP contribution in [0.3, 0.4) is 0 Å². The Morgan fingerprint density at radius 2 is 1.85 bits per heavy atom. The van der Waals surface area contributed by atoms with Gasteiger partial charge in [0.1, 0.15) is 18.2 Å². The van der Waals surface area contributed by atoms with E-state index in [1.54, 1.807) is 15.9 Å². The van der Waals surface area contributed by atoms with E-state index in [1.807, 2.05) is 0 Å². The van der Waals surface area contributed by atoms with Crippen molar-refractivity contribution < 1.29 is 15.0 Å². The average molecular weight is 278 g/mol. The average Bonchev–Trinajstić information content (AvgIpc) is 3.28. The molecule has 1 amide bonds. The van der Waals surface area contributed by atoms with Gasteiger partial charge in [-0.3, -0.25) is 4.79 Å². The number of carbonyl (C=O) groups excluding carboxylic acids is 1. The predicted octanol–water partition coefficient (Wildman–Crippen LogP) is -1.03. The fraction of sp³-hybridized carbons (Fsp3) is 0.769. The largest absolute Gasteiger partial charge is 0.396 e. The number of rotatable bonds is 4. The monoisotopic (exact) mass is 278 g/mol. The van der Waals surface area contributed by atoms with Crippen molar-refractivity contribution >= 4 is 5.91 Å². The van der Waals surface area contributed by atoms with Crippen molar-refractivity contribution in [3.63, 3.8) is 0 Å². The maximum absolute atomic E-state index is 12.8. The molecule has 20 heavy (non-hydrogen) atoms. The van der Waals surface area contributed by atoms with Crippen LogP contribution in [0.5, 0.6) is 0 Å². The maximum atomic E-state index is 12.8. The maximum Gasteiger partial charge on any atom is 0.250 e. The number of fused-ring (bicyclic) bond motifs is 1. The van der Waals surface area contributed by atoms with Gasteiger partial charge in [-0.25, -0.2) is 9.67 Å². The zero-order valence-electron chi connectivity index (χ0n) is 11.2. The molecule has 2 saturated carbocycles. The summed E-state index contributed by atoms with van der Waals surface area (Å²) < 4.78 is 1.65. The quantitative estimate of drug-likeness (QED) is 0.735. The number of aliphatic hydroxyl groups is 2. The summed E-state index contributed by atoms with van der Waals surface area (Å²) in [5.41, 5.74) is -1.13. The number of piperidine rings is 1. The number of nitrogens with zero attached hydrogens (tertiary/aromatic N) is 4. The zero-order chi connectivity index (χ0) is 14.0. The fourth-order valence-corrected chi connectivity index (χ4v) is 3.91. The fourth-order valence-electron chi connectivity index (χ4n) is 3.91. The van der Waals surface area contributed by atoms with E-state index in [0.717, 1.165) is 19.3 Å². The molecule has 1 aliphatic heterocycles. The Balaban J connectivity index is 1.57. The topological polar surface area (TPSA) is 91.5 Å². The van der Waals surface area contributed by atoms with Crippen LogP contribution in [0.2, 0.25) is 0 Å². The summed E-state index contributed by atoms with van der Waals surface area (Å²) in [6, 6.07) is 0. The van der Waals surface area contributed by atoms with E-state index in [-0.39, 0.29) is 30.0 Å². The van der Waals surface area contributed by atoms with Crippen molar-refractivity contribution in [3.8, 4) is 0 Å². The highest BCUT2D eigenvalue weighted by atomic mass is 16.3. The molecule has 0 unspecified atom stereocenters. The first-order chi connectivity index (χ1) is 9.61. The van der Waals surface area contributed by atoms with Crippen LogP contribution >= 0.6 is 0 Å². The number of likely N-dealkylation sites (tertiary alicyclic amines) is 1. The number of carbonyl (C=O) groups is 1. The molecule has 3 aliphatic rings. The molecule has 0 aromatic carbocycles. The molecule has 2 aliphatic carbocycles. The Labute approximate surface area is 116 Å². The Morgan fingerprint density at radius 3 is 2.30 bits per heavy atom. The normalized spacial score (nSPS) is 36.8. The molecule has 7 nitrogen and oxygen atoms in total. The summed E-state index contributed by atoms with van der Waals surface area (Å²) in [4.78, 5) is 18.5. The number of hydrogen-bond donors (Lipinski definition) is 2. The van der Waals surface area contributed by atoms with Gasteiger partial charge in [0.25, 0.3) is 5.91 Å². The first-order valence-electron chi connectivity index (χ1n) is 6.98. The van der Waals surface area contributed by atoms with Crippen molar-refractivity contribution in [2.75, 3.05) is 26.3 Å². The van der Waals surface area contributed by atoms with Crippen LogP contribution in [0.15, 0.2) is 12.7 Å². The van der Waals surface area contributed by atoms with Crippen LogP contribution in [0, 0.1) is 10.8 Å². The minimum Gasteiger partial charge on any atom is -0.396 e.